The number of aliphatic hydroxyl groups is 1. The van der Waals surface area contributed by atoms with Crippen molar-refractivity contribution in [2.45, 2.75) is 19.8 Å². The molecule has 0 fully saturated rings. The van der Waals surface area contributed by atoms with E-state index in [0.717, 1.165) is 12.8 Å². The van der Waals surface area contributed by atoms with Crippen LogP contribution < -0.4 is 0 Å². The maximum absolute atomic E-state index is 10.6. The third-order valence-electron chi connectivity index (χ3n) is 2.45. The zero-order valence-corrected chi connectivity index (χ0v) is 7.90. The molecule has 0 saturated heterocycles. The van der Waals surface area contributed by atoms with Gasteiger partial charge in [-0.3, -0.25) is 4.79 Å². The number of carbonyl (C=O) groups excluding carboxylic acids is 1. The van der Waals surface area contributed by atoms with Crippen molar-refractivity contribution >= 4 is 5.97 Å². The van der Waals surface area contributed by atoms with Gasteiger partial charge in [-0.2, -0.15) is 0 Å². The molecule has 1 rings (SSSR count). The van der Waals surface area contributed by atoms with Crippen molar-refractivity contribution < 1.29 is 14.6 Å². The summed E-state index contributed by atoms with van der Waals surface area (Å²) in [6.45, 7) is 2.02. The van der Waals surface area contributed by atoms with E-state index in [2.05, 4.69) is 12.2 Å². The van der Waals surface area contributed by atoms with E-state index in [4.69, 9.17) is 9.84 Å². The molecule has 0 unspecified atom stereocenters. The van der Waals surface area contributed by atoms with E-state index in [-0.39, 0.29) is 18.5 Å². The first-order chi connectivity index (χ1) is 6.24. The molecule has 1 aliphatic rings. The number of aliphatic hydroxyl groups excluding tert-OH is 1. The van der Waals surface area contributed by atoms with Gasteiger partial charge < -0.3 is 9.84 Å². The summed E-state index contributed by atoms with van der Waals surface area (Å²) >= 11 is 0. The Balaban J connectivity index is 2.37. The average Bonchev–Trinajstić information content (AvgIpc) is 2.15. The highest BCUT2D eigenvalue weighted by atomic mass is 16.5. The molecule has 0 heterocycles. The Bertz CT molecular complexity index is 198. The second kappa shape index (κ2) is 5.02. The Morgan fingerprint density at radius 2 is 2.08 bits per heavy atom. The van der Waals surface area contributed by atoms with Crippen molar-refractivity contribution in [3.63, 3.8) is 0 Å². The summed E-state index contributed by atoms with van der Waals surface area (Å²) in [5.74, 6) is 0.300. The molecule has 0 bridgehead atoms. The normalized spacial score (nSPS) is 27.2. The molecule has 0 amide bonds. The van der Waals surface area contributed by atoms with E-state index in [1.54, 1.807) is 0 Å². The first-order valence-electron chi connectivity index (χ1n) is 4.63. The predicted octanol–water partition coefficient (Wildman–Crippen LogP) is 1.12. The quantitative estimate of drug-likeness (QED) is 0.528. The number of ether oxygens (including phenoxy) is 1. The van der Waals surface area contributed by atoms with Gasteiger partial charge in [0.1, 0.15) is 0 Å². The maximum atomic E-state index is 10.6. The minimum atomic E-state index is -0.244. The van der Waals surface area contributed by atoms with Crippen LogP contribution in [0.1, 0.15) is 19.8 Å². The zero-order chi connectivity index (χ0) is 9.68. The Morgan fingerprint density at radius 1 is 1.46 bits per heavy atom. The fraction of sp³-hybridized carbons (Fsp3) is 0.700. The summed E-state index contributed by atoms with van der Waals surface area (Å²) in [5.41, 5.74) is 0. The number of esters is 1. The van der Waals surface area contributed by atoms with E-state index < -0.39 is 0 Å². The number of carbonyl (C=O) groups is 1. The summed E-state index contributed by atoms with van der Waals surface area (Å²) in [6, 6.07) is 0. The Morgan fingerprint density at radius 3 is 2.62 bits per heavy atom. The van der Waals surface area contributed by atoms with Crippen LogP contribution in [-0.4, -0.2) is 24.3 Å². The van der Waals surface area contributed by atoms with Gasteiger partial charge in [0.15, 0.2) is 0 Å². The van der Waals surface area contributed by atoms with Gasteiger partial charge in [-0.1, -0.05) is 12.2 Å². The van der Waals surface area contributed by atoms with E-state index in [1.165, 1.54) is 6.92 Å². The van der Waals surface area contributed by atoms with Crippen LogP contribution in [0, 0.1) is 11.8 Å². The first kappa shape index (κ1) is 10.3. The van der Waals surface area contributed by atoms with Crippen LogP contribution in [0.15, 0.2) is 12.2 Å². The van der Waals surface area contributed by atoms with Gasteiger partial charge in [-0.05, 0) is 18.8 Å². The Kier molecular flexibility index (Phi) is 3.96. The minimum absolute atomic E-state index is 0.177. The summed E-state index contributed by atoms with van der Waals surface area (Å²) in [5, 5.41) is 9.05. The summed E-state index contributed by atoms with van der Waals surface area (Å²) in [6.07, 6.45) is 5.95. The average molecular weight is 184 g/mol. The molecule has 0 aromatic carbocycles. The highest BCUT2D eigenvalue weighted by molar-refractivity contribution is 5.65. The highest BCUT2D eigenvalue weighted by Crippen LogP contribution is 2.25. The second-order valence-corrected chi connectivity index (χ2v) is 3.45. The predicted molar refractivity (Wildman–Crippen MR) is 49.1 cm³/mol. The lowest BCUT2D eigenvalue weighted by atomic mass is 9.84. The topological polar surface area (TPSA) is 46.5 Å². The van der Waals surface area contributed by atoms with Crippen molar-refractivity contribution in [3.8, 4) is 0 Å². The SMILES string of the molecule is CC(=O)OC[C@@H]1CC=CC[C@H]1CO. The monoisotopic (exact) mass is 184 g/mol. The van der Waals surface area contributed by atoms with Gasteiger partial charge in [0.2, 0.25) is 0 Å². The number of allylic oxidation sites excluding steroid dienone is 2. The lowest BCUT2D eigenvalue weighted by Crippen LogP contribution is -2.25. The van der Waals surface area contributed by atoms with Crippen molar-refractivity contribution in [2.24, 2.45) is 11.8 Å². The third-order valence-corrected chi connectivity index (χ3v) is 2.45. The highest BCUT2D eigenvalue weighted by Gasteiger charge is 2.22. The van der Waals surface area contributed by atoms with E-state index in [0.29, 0.717) is 12.5 Å². The lowest BCUT2D eigenvalue weighted by Gasteiger charge is -2.26. The third kappa shape index (κ3) is 3.19. The number of hydrogen-bond donors (Lipinski definition) is 1. The van der Waals surface area contributed by atoms with Crippen molar-refractivity contribution in [2.75, 3.05) is 13.2 Å². The summed E-state index contributed by atoms with van der Waals surface area (Å²) < 4.78 is 4.93. The molecular weight excluding hydrogens is 168 g/mol. The Hall–Kier alpha value is -0.830. The molecule has 3 heteroatoms. The molecule has 74 valence electrons. The first-order valence-corrected chi connectivity index (χ1v) is 4.63. The minimum Gasteiger partial charge on any atom is -0.466 e. The largest absolute Gasteiger partial charge is 0.466 e. The molecule has 0 radical (unpaired) electrons. The standard InChI is InChI=1S/C10H16O3/c1-8(12)13-7-10-5-3-2-4-9(10)6-11/h2-3,9-11H,4-7H2,1H3/t9-,10-/m0/s1. The molecule has 3 nitrogen and oxygen atoms in total. The van der Waals surface area contributed by atoms with Crippen LogP contribution in [0.2, 0.25) is 0 Å². The van der Waals surface area contributed by atoms with Gasteiger partial charge in [-0.15, -0.1) is 0 Å². The van der Waals surface area contributed by atoms with E-state index in [1.807, 2.05) is 0 Å². The van der Waals surface area contributed by atoms with E-state index in [9.17, 15) is 4.79 Å². The fourth-order valence-electron chi connectivity index (χ4n) is 1.58. The molecule has 0 aromatic rings. The summed E-state index contributed by atoms with van der Waals surface area (Å²) in [7, 11) is 0. The molecule has 1 N–H and O–H groups in total. The van der Waals surface area contributed by atoms with Crippen molar-refractivity contribution in [1.29, 1.82) is 0 Å². The van der Waals surface area contributed by atoms with Gasteiger partial charge in [-0.25, -0.2) is 0 Å². The van der Waals surface area contributed by atoms with Crippen LogP contribution in [0.4, 0.5) is 0 Å². The van der Waals surface area contributed by atoms with Crippen molar-refractivity contribution in [1.82, 2.24) is 0 Å². The van der Waals surface area contributed by atoms with Crippen LogP contribution >= 0.6 is 0 Å². The molecule has 2 atom stereocenters. The molecule has 1 aliphatic carbocycles. The van der Waals surface area contributed by atoms with Crippen LogP contribution in [0.25, 0.3) is 0 Å². The molecule has 13 heavy (non-hydrogen) atoms. The zero-order valence-electron chi connectivity index (χ0n) is 7.90. The van der Waals surface area contributed by atoms with Crippen LogP contribution in [0.3, 0.4) is 0 Å². The van der Waals surface area contributed by atoms with Gasteiger partial charge in [0, 0.05) is 19.4 Å². The Labute approximate surface area is 78.4 Å². The number of rotatable bonds is 3. The van der Waals surface area contributed by atoms with Crippen molar-refractivity contribution in [3.05, 3.63) is 12.2 Å². The molecule has 0 spiro atoms. The second-order valence-electron chi connectivity index (χ2n) is 3.45. The smallest absolute Gasteiger partial charge is 0.302 e. The summed E-state index contributed by atoms with van der Waals surface area (Å²) in [4.78, 5) is 10.6. The lowest BCUT2D eigenvalue weighted by molar-refractivity contribution is -0.143. The molecular formula is C10H16O3. The molecule has 0 aliphatic heterocycles. The molecule has 0 aromatic heterocycles. The van der Waals surface area contributed by atoms with Gasteiger partial charge in [0.05, 0.1) is 6.61 Å². The molecule has 0 saturated carbocycles. The van der Waals surface area contributed by atoms with Gasteiger partial charge >= 0.3 is 5.97 Å². The number of hydrogen-bond acceptors (Lipinski definition) is 3. The van der Waals surface area contributed by atoms with Crippen LogP contribution in [0.5, 0.6) is 0 Å². The van der Waals surface area contributed by atoms with Gasteiger partial charge in [0.25, 0.3) is 0 Å². The van der Waals surface area contributed by atoms with E-state index >= 15 is 0 Å². The fourth-order valence-corrected chi connectivity index (χ4v) is 1.58. The maximum Gasteiger partial charge on any atom is 0.302 e. The van der Waals surface area contributed by atoms with Crippen LogP contribution in [-0.2, 0) is 9.53 Å².